The van der Waals surface area contributed by atoms with E-state index in [-0.39, 0.29) is 31.0 Å². The van der Waals surface area contributed by atoms with Crippen molar-refractivity contribution in [2.75, 3.05) is 13.7 Å². The SMILES string of the molecule is COc1ccc(CN(C(=O)COc2cc(C)c(Br)c(C)c2)C(C)C(=O)NC(C)C)cc1. The second kappa shape index (κ2) is 11.2. The second-order valence-electron chi connectivity index (χ2n) is 7.87. The van der Waals surface area contributed by atoms with Gasteiger partial charge in [0.2, 0.25) is 5.91 Å². The number of ether oxygens (including phenoxy) is 2. The van der Waals surface area contributed by atoms with Gasteiger partial charge in [0, 0.05) is 17.1 Å². The molecule has 0 bridgehead atoms. The molecule has 168 valence electrons. The molecule has 0 aliphatic heterocycles. The first-order valence-electron chi connectivity index (χ1n) is 10.2. The maximum atomic E-state index is 13.1. The highest BCUT2D eigenvalue weighted by molar-refractivity contribution is 9.10. The molecule has 0 aliphatic carbocycles. The van der Waals surface area contributed by atoms with Crippen LogP contribution in [0, 0.1) is 13.8 Å². The summed E-state index contributed by atoms with van der Waals surface area (Å²) in [7, 11) is 1.60. The molecule has 31 heavy (non-hydrogen) atoms. The van der Waals surface area contributed by atoms with Crippen LogP contribution in [0.1, 0.15) is 37.5 Å². The van der Waals surface area contributed by atoms with Crippen molar-refractivity contribution in [3.05, 3.63) is 57.6 Å². The summed E-state index contributed by atoms with van der Waals surface area (Å²) in [4.78, 5) is 27.3. The van der Waals surface area contributed by atoms with Crippen molar-refractivity contribution >= 4 is 27.7 Å². The number of methoxy groups -OCH3 is 1. The van der Waals surface area contributed by atoms with E-state index in [9.17, 15) is 9.59 Å². The van der Waals surface area contributed by atoms with Gasteiger partial charge in [-0.3, -0.25) is 9.59 Å². The first-order valence-corrected chi connectivity index (χ1v) is 11.0. The van der Waals surface area contributed by atoms with Gasteiger partial charge < -0.3 is 19.7 Å². The van der Waals surface area contributed by atoms with Crippen molar-refractivity contribution in [2.24, 2.45) is 0 Å². The molecular formula is C24H31BrN2O4. The summed E-state index contributed by atoms with van der Waals surface area (Å²) in [6.07, 6.45) is 0. The van der Waals surface area contributed by atoms with Crippen LogP contribution in [-0.2, 0) is 16.1 Å². The first kappa shape index (κ1) is 24.7. The third-order valence-electron chi connectivity index (χ3n) is 4.88. The molecule has 2 aromatic carbocycles. The molecule has 0 aliphatic rings. The normalized spacial score (nSPS) is 11.7. The molecule has 6 nitrogen and oxygen atoms in total. The lowest BCUT2D eigenvalue weighted by Gasteiger charge is -2.29. The van der Waals surface area contributed by atoms with Gasteiger partial charge >= 0.3 is 0 Å². The largest absolute Gasteiger partial charge is 0.497 e. The zero-order chi connectivity index (χ0) is 23.1. The Kier molecular flexibility index (Phi) is 8.92. The van der Waals surface area contributed by atoms with E-state index < -0.39 is 6.04 Å². The first-order chi connectivity index (χ1) is 14.6. The van der Waals surface area contributed by atoms with Crippen molar-refractivity contribution in [1.82, 2.24) is 10.2 Å². The molecule has 0 saturated carbocycles. The molecule has 2 aromatic rings. The molecule has 1 N–H and O–H groups in total. The Morgan fingerprint density at radius 3 is 2.13 bits per heavy atom. The molecule has 0 aromatic heterocycles. The third kappa shape index (κ3) is 6.99. The van der Waals surface area contributed by atoms with Crippen molar-refractivity contribution in [1.29, 1.82) is 0 Å². The van der Waals surface area contributed by atoms with Crippen LogP contribution < -0.4 is 14.8 Å². The summed E-state index contributed by atoms with van der Waals surface area (Å²) in [5.74, 6) is 0.888. The maximum Gasteiger partial charge on any atom is 0.261 e. The summed E-state index contributed by atoms with van der Waals surface area (Å²) in [6.45, 7) is 9.59. The molecular weight excluding hydrogens is 460 g/mol. The van der Waals surface area contributed by atoms with Crippen molar-refractivity contribution in [3.8, 4) is 11.5 Å². The number of nitrogens with one attached hydrogen (secondary N) is 1. The zero-order valence-corrected chi connectivity index (χ0v) is 20.6. The Balaban J connectivity index is 2.18. The lowest BCUT2D eigenvalue weighted by molar-refractivity contribution is -0.142. The van der Waals surface area contributed by atoms with Gasteiger partial charge in [0.15, 0.2) is 6.61 Å². The predicted octanol–water partition coefficient (Wildman–Crippen LogP) is 4.40. The van der Waals surface area contributed by atoms with Crippen LogP contribution in [0.2, 0.25) is 0 Å². The molecule has 7 heteroatoms. The Bertz CT molecular complexity index is 889. The van der Waals surface area contributed by atoms with Gasteiger partial charge in [0.25, 0.3) is 5.91 Å². The number of hydrogen-bond acceptors (Lipinski definition) is 4. The fourth-order valence-electron chi connectivity index (χ4n) is 3.13. The number of carbonyl (C=O) groups is 2. The highest BCUT2D eigenvalue weighted by atomic mass is 79.9. The molecule has 0 radical (unpaired) electrons. The van der Waals surface area contributed by atoms with E-state index in [0.717, 1.165) is 26.9 Å². The van der Waals surface area contributed by atoms with Crippen LogP contribution in [-0.4, -0.2) is 42.5 Å². The summed E-state index contributed by atoms with van der Waals surface area (Å²) < 4.78 is 12.0. The molecule has 2 amide bonds. The number of aryl methyl sites for hydroxylation is 2. The van der Waals surface area contributed by atoms with Gasteiger partial charge in [-0.1, -0.05) is 28.1 Å². The Morgan fingerprint density at radius 1 is 1.03 bits per heavy atom. The smallest absolute Gasteiger partial charge is 0.261 e. The molecule has 1 unspecified atom stereocenters. The molecule has 0 heterocycles. The van der Waals surface area contributed by atoms with Crippen LogP contribution in [0.15, 0.2) is 40.9 Å². The van der Waals surface area contributed by atoms with E-state index in [4.69, 9.17) is 9.47 Å². The van der Waals surface area contributed by atoms with Gasteiger partial charge in [-0.2, -0.15) is 0 Å². The minimum atomic E-state index is -0.644. The summed E-state index contributed by atoms with van der Waals surface area (Å²) >= 11 is 3.53. The van der Waals surface area contributed by atoms with Gasteiger partial charge in [-0.25, -0.2) is 0 Å². The van der Waals surface area contributed by atoms with E-state index in [2.05, 4.69) is 21.2 Å². The van der Waals surface area contributed by atoms with Gasteiger partial charge in [0.05, 0.1) is 7.11 Å². The standard InChI is InChI=1S/C24H31BrN2O4/c1-15(2)26-24(29)18(5)27(13-19-7-9-20(30-6)10-8-19)22(28)14-31-21-11-16(3)23(25)17(4)12-21/h7-12,15,18H,13-14H2,1-6H3,(H,26,29). The highest BCUT2D eigenvalue weighted by Gasteiger charge is 2.27. The Hall–Kier alpha value is -2.54. The number of nitrogens with zero attached hydrogens (tertiary/aromatic N) is 1. The average Bonchev–Trinajstić information content (AvgIpc) is 2.73. The van der Waals surface area contributed by atoms with Crippen molar-refractivity contribution < 1.29 is 19.1 Å². The number of rotatable bonds is 9. The van der Waals surface area contributed by atoms with E-state index in [0.29, 0.717) is 5.75 Å². The summed E-state index contributed by atoms with van der Waals surface area (Å²) in [6, 6.07) is 10.5. The number of halogens is 1. The van der Waals surface area contributed by atoms with E-state index >= 15 is 0 Å². The minimum absolute atomic E-state index is 0.0159. The van der Waals surface area contributed by atoms with Gasteiger partial charge in [0.1, 0.15) is 17.5 Å². The van der Waals surface area contributed by atoms with Gasteiger partial charge in [-0.15, -0.1) is 0 Å². The third-order valence-corrected chi connectivity index (χ3v) is 6.13. The van der Waals surface area contributed by atoms with Crippen molar-refractivity contribution in [2.45, 2.75) is 53.2 Å². The molecule has 0 saturated heterocycles. The second-order valence-corrected chi connectivity index (χ2v) is 8.66. The monoisotopic (exact) mass is 490 g/mol. The van der Waals surface area contributed by atoms with Crippen molar-refractivity contribution in [3.63, 3.8) is 0 Å². The van der Waals surface area contributed by atoms with Crippen LogP contribution in [0.25, 0.3) is 0 Å². The summed E-state index contributed by atoms with van der Waals surface area (Å²) in [5.41, 5.74) is 2.96. The van der Waals surface area contributed by atoms with Crippen LogP contribution in [0.5, 0.6) is 11.5 Å². The fourth-order valence-corrected chi connectivity index (χ4v) is 3.36. The fraction of sp³-hybridized carbons (Fsp3) is 0.417. The lowest BCUT2D eigenvalue weighted by Crippen LogP contribution is -2.50. The minimum Gasteiger partial charge on any atom is -0.497 e. The summed E-state index contributed by atoms with van der Waals surface area (Å²) in [5, 5.41) is 2.88. The number of hydrogen-bond donors (Lipinski definition) is 1. The zero-order valence-electron chi connectivity index (χ0n) is 19.0. The number of benzene rings is 2. The van der Waals surface area contributed by atoms with Gasteiger partial charge in [-0.05, 0) is 75.6 Å². The van der Waals surface area contributed by atoms with Crippen LogP contribution >= 0.6 is 15.9 Å². The average molecular weight is 491 g/mol. The lowest BCUT2D eigenvalue weighted by atomic mass is 10.1. The molecule has 0 spiro atoms. The number of amides is 2. The topological polar surface area (TPSA) is 67.9 Å². The van der Waals surface area contributed by atoms with E-state index in [1.807, 2.05) is 64.1 Å². The van der Waals surface area contributed by atoms with Crippen LogP contribution in [0.4, 0.5) is 0 Å². The predicted molar refractivity (Wildman–Crippen MR) is 125 cm³/mol. The molecule has 2 rings (SSSR count). The van der Waals surface area contributed by atoms with Crippen LogP contribution in [0.3, 0.4) is 0 Å². The van der Waals surface area contributed by atoms with E-state index in [1.54, 1.807) is 14.0 Å². The maximum absolute atomic E-state index is 13.1. The molecule has 1 atom stereocenters. The Labute approximate surface area is 193 Å². The Morgan fingerprint density at radius 2 is 1.61 bits per heavy atom. The highest BCUT2D eigenvalue weighted by Crippen LogP contribution is 2.26. The van der Waals surface area contributed by atoms with E-state index in [1.165, 1.54) is 4.90 Å². The number of carbonyl (C=O) groups excluding carboxylic acids is 2. The molecule has 0 fully saturated rings. The quantitative estimate of drug-likeness (QED) is 0.565.